The summed E-state index contributed by atoms with van der Waals surface area (Å²) in [7, 11) is 0. The Hall–Kier alpha value is -0.570. The molecule has 3 nitrogen and oxygen atoms in total. The molecule has 2 rings (SSSR count). The van der Waals surface area contributed by atoms with Crippen molar-refractivity contribution in [1.29, 1.82) is 0 Å². The second kappa shape index (κ2) is 5.67. The van der Waals surface area contributed by atoms with Crippen molar-refractivity contribution in [2.24, 2.45) is 5.92 Å². The van der Waals surface area contributed by atoms with E-state index >= 15 is 0 Å². The van der Waals surface area contributed by atoms with E-state index in [0.717, 1.165) is 38.4 Å². The Labute approximate surface area is 98.6 Å². The second-order valence-corrected chi connectivity index (χ2v) is 5.33. The summed E-state index contributed by atoms with van der Waals surface area (Å²) in [5.74, 6) is 1.21. The largest absolute Gasteiger partial charge is 0.337 e. The highest BCUT2D eigenvalue weighted by Crippen LogP contribution is 2.28. The molecule has 0 aromatic carbocycles. The van der Waals surface area contributed by atoms with E-state index in [1.54, 1.807) is 0 Å². The summed E-state index contributed by atoms with van der Waals surface area (Å²) >= 11 is 0. The molecule has 0 unspecified atom stereocenters. The predicted octanol–water partition coefficient (Wildman–Crippen LogP) is 1.78. The van der Waals surface area contributed by atoms with E-state index in [9.17, 15) is 4.79 Å². The second-order valence-electron chi connectivity index (χ2n) is 5.33. The van der Waals surface area contributed by atoms with Crippen LogP contribution in [0.1, 0.15) is 45.4 Å². The Morgan fingerprint density at radius 1 is 1.38 bits per heavy atom. The number of nitrogens with one attached hydrogen (secondary N) is 1. The SMILES string of the molecule is C[C@H]1CNCCN1C(=O)CCC1CCCC1. The standard InChI is InChI=1S/C13H24N2O/c1-11-10-14-8-9-15(11)13(16)7-6-12-4-2-3-5-12/h11-12,14H,2-10H2,1H3/t11-/m0/s1. The molecule has 1 heterocycles. The van der Waals surface area contributed by atoms with Crippen molar-refractivity contribution in [3.05, 3.63) is 0 Å². The molecule has 0 bridgehead atoms. The van der Waals surface area contributed by atoms with E-state index in [1.165, 1.54) is 25.7 Å². The molecule has 1 saturated carbocycles. The minimum Gasteiger partial charge on any atom is -0.337 e. The molecule has 0 aromatic rings. The third-order valence-electron chi connectivity index (χ3n) is 4.06. The van der Waals surface area contributed by atoms with Gasteiger partial charge in [0.25, 0.3) is 0 Å². The van der Waals surface area contributed by atoms with E-state index in [0.29, 0.717) is 11.9 Å². The van der Waals surface area contributed by atoms with Gasteiger partial charge in [0.05, 0.1) is 0 Å². The lowest BCUT2D eigenvalue weighted by Crippen LogP contribution is -2.52. The average Bonchev–Trinajstić information content (AvgIpc) is 2.79. The fourth-order valence-electron chi connectivity index (χ4n) is 2.98. The first-order chi connectivity index (χ1) is 7.77. The van der Waals surface area contributed by atoms with Crippen LogP contribution in [0.15, 0.2) is 0 Å². The van der Waals surface area contributed by atoms with Gasteiger partial charge in [-0.05, 0) is 19.3 Å². The van der Waals surface area contributed by atoms with Gasteiger partial charge in [0.15, 0.2) is 0 Å². The number of amides is 1. The molecule has 2 fully saturated rings. The van der Waals surface area contributed by atoms with Crippen LogP contribution in [0.5, 0.6) is 0 Å². The van der Waals surface area contributed by atoms with Crippen molar-refractivity contribution in [1.82, 2.24) is 10.2 Å². The van der Waals surface area contributed by atoms with E-state index in [-0.39, 0.29) is 0 Å². The van der Waals surface area contributed by atoms with E-state index in [2.05, 4.69) is 17.1 Å². The maximum atomic E-state index is 12.1. The van der Waals surface area contributed by atoms with Crippen LogP contribution >= 0.6 is 0 Å². The lowest BCUT2D eigenvalue weighted by molar-refractivity contribution is -0.134. The van der Waals surface area contributed by atoms with E-state index in [4.69, 9.17) is 0 Å². The highest BCUT2D eigenvalue weighted by Gasteiger charge is 2.24. The monoisotopic (exact) mass is 224 g/mol. The number of piperazine rings is 1. The zero-order chi connectivity index (χ0) is 11.4. The van der Waals surface area contributed by atoms with E-state index < -0.39 is 0 Å². The van der Waals surface area contributed by atoms with Crippen LogP contribution in [0.3, 0.4) is 0 Å². The van der Waals surface area contributed by atoms with Crippen molar-refractivity contribution in [2.45, 2.75) is 51.5 Å². The van der Waals surface area contributed by atoms with E-state index in [1.807, 2.05) is 0 Å². The molecule has 2 aliphatic rings. The molecule has 1 aliphatic heterocycles. The fourth-order valence-corrected chi connectivity index (χ4v) is 2.98. The maximum Gasteiger partial charge on any atom is 0.222 e. The van der Waals surface area contributed by atoms with Gasteiger partial charge in [0.1, 0.15) is 0 Å². The molecule has 0 spiro atoms. The zero-order valence-corrected chi connectivity index (χ0v) is 10.4. The summed E-state index contributed by atoms with van der Waals surface area (Å²) in [5.41, 5.74) is 0. The summed E-state index contributed by atoms with van der Waals surface area (Å²) in [6, 6.07) is 0.379. The molecule has 92 valence electrons. The number of rotatable bonds is 3. The average molecular weight is 224 g/mol. The Morgan fingerprint density at radius 3 is 2.81 bits per heavy atom. The molecule has 1 saturated heterocycles. The summed E-state index contributed by atoms with van der Waals surface area (Å²) in [5, 5.41) is 3.32. The summed E-state index contributed by atoms with van der Waals surface area (Å²) in [4.78, 5) is 14.1. The Bertz CT molecular complexity index is 236. The Morgan fingerprint density at radius 2 is 2.12 bits per heavy atom. The van der Waals surface area contributed by atoms with Crippen molar-refractivity contribution in [3.8, 4) is 0 Å². The molecular formula is C13H24N2O. The Kier molecular flexibility index (Phi) is 4.22. The van der Waals surface area contributed by atoms with Crippen LogP contribution in [0.25, 0.3) is 0 Å². The van der Waals surface area contributed by atoms with Crippen LogP contribution in [0, 0.1) is 5.92 Å². The third-order valence-corrected chi connectivity index (χ3v) is 4.06. The number of hydrogen-bond acceptors (Lipinski definition) is 2. The summed E-state index contributed by atoms with van der Waals surface area (Å²) < 4.78 is 0. The van der Waals surface area contributed by atoms with Crippen LogP contribution in [0.4, 0.5) is 0 Å². The van der Waals surface area contributed by atoms with Gasteiger partial charge < -0.3 is 10.2 Å². The van der Waals surface area contributed by atoms with Gasteiger partial charge in [-0.25, -0.2) is 0 Å². The van der Waals surface area contributed by atoms with Crippen molar-refractivity contribution >= 4 is 5.91 Å². The smallest absolute Gasteiger partial charge is 0.222 e. The molecule has 1 atom stereocenters. The minimum atomic E-state index is 0.376. The van der Waals surface area contributed by atoms with Crippen LogP contribution < -0.4 is 5.32 Å². The normalized spacial score (nSPS) is 27.3. The topological polar surface area (TPSA) is 32.3 Å². The van der Waals surface area contributed by atoms with Gasteiger partial charge in [-0.15, -0.1) is 0 Å². The minimum absolute atomic E-state index is 0.376. The maximum absolute atomic E-state index is 12.1. The number of carbonyl (C=O) groups is 1. The Balaban J connectivity index is 1.73. The fraction of sp³-hybridized carbons (Fsp3) is 0.923. The molecule has 16 heavy (non-hydrogen) atoms. The third kappa shape index (κ3) is 2.97. The summed E-state index contributed by atoms with van der Waals surface area (Å²) in [6.07, 6.45) is 7.35. The number of nitrogens with zero attached hydrogens (tertiary/aromatic N) is 1. The number of hydrogen-bond donors (Lipinski definition) is 1. The van der Waals surface area contributed by atoms with Crippen LogP contribution in [-0.2, 0) is 4.79 Å². The van der Waals surface area contributed by atoms with Gasteiger partial charge >= 0.3 is 0 Å². The lowest BCUT2D eigenvalue weighted by Gasteiger charge is -2.34. The van der Waals surface area contributed by atoms with Crippen LogP contribution in [0.2, 0.25) is 0 Å². The van der Waals surface area contributed by atoms with Gasteiger partial charge in [-0.3, -0.25) is 4.79 Å². The summed E-state index contributed by atoms with van der Waals surface area (Å²) in [6.45, 7) is 4.94. The quantitative estimate of drug-likeness (QED) is 0.792. The lowest BCUT2D eigenvalue weighted by atomic mass is 10.0. The molecular weight excluding hydrogens is 200 g/mol. The van der Waals surface area contributed by atoms with Gasteiger partial charge in [-0.1, -0.05) is 25.7 Å². The van der Waals surface area contributed by atoms with Crippen LogP contribution in [-0.4, -0.2) is 36.5 Å². The highest BCUT2D eigenvalue weighted by molar-refractivity contribution is 5.76. The highest BCUT2D eigenvalue weighted by atomic mass is 16.2. The van der Waals surface area contributed by atoms with Gasteiger partial charge in [-0.2, -0.15) is 0 Å². The zero-order valence-electron chi connectivity index (χ0n) is 10.4. The molecule has 1 aliphatic carbocycles. The van der Waals surface area contributed by atoms with Gasteiger partial charge in [0.2, 0.25) is 5.91 Å². The van der Waals surface area contributed by atoms with Crippen molar-refractivity contribution in [2.75, 3.05) is 19.6 Å². The molecule has 0 radical (unpaired) electrons. The molecule has 1 amide bonds. The predicted molar refractivity (Wildman–Crippen MR) is 65.2 cm³/mol. The van der Waals surface area contributed by atoms with Crippen molar-refractivity contribution < 1.29 is 4.79 Å². The number of carbonyl (C=O) groups excluding carboxylic acids is 1. The molecule has 1 N–H and O–H groups in total. The first-order valence-electron chi connectivity index (χ1n) is 6.77. The molecule has 0 aromatic heterocycles. The first kappa shape index (κ1) is 11.9. The molecule has 3 heteroatoms. The first-order valence-corrected chi connectivity index (χ1v) is 6.77. The van der Waals surface area contributed by atoms with Gasteiger partial charge in [0, 0.05) is 32.1 Å². The van der Waals surface area contributed by atoms with Crippen molar-refractivity contribution in [3.63, 3.8) is 0 Å².